The van der Waals surface area contributed by atoms with E-state index in [2.05, 4.69) is 45.9 Å². The fourth-order valence-electron chi connectivity index (χ4n) is 2.66. The second kappa shape index (κ2) is 7.83. The average molecular weight is 421 g/mol. The molecule has 9 heteroatoms. The Labute approximate surface area is 150 Å². The molecule has 2 rings (SSSR count). The molecule has 1 aliphatic rings. The number of hydrogen-bond acceptors (Lipinski definition) is 6. The number of hydrogen-bond donors (Lipinski definition) is 3. The first kappa shape index (κ1) is 19.9. The van der Waals surface area contributed by atoms with Crippen LogP contribution in [0.1, 0.15) is 18.2 Å². The van der Waals surface area contributed by atoms with Gasteiger partial charge in [0.1, 0.15) is 0 Å². The first-order valence-corrected chi connectivity index (χ1v) is 11.7. The molecule has 1 radical (unpaired) electrons. The monoisotopic (exact) mass is 422 g/mol. The van der Waals surface area contributed by atoms with Crippen molar-refractivity contribution in [3.63, 3.8) is 0 Å². The van der Waals surface area contributed by atoms with E-state index in [0.717, 1.165) is 6.16 Å². The van der Waals surface area contributed by atoms with Crippen LogP contribution in [-0.4, -0.2) is 86.9 Å². The number of ether oxygens (including phenoxy) is 1. The van der Waals surface area contributed by atoms with Crippen LogP contribution in [0.5, 0.6) is 0 Å². The van der Waals surface area contributed by atoms with Gasteiger partial charge in [0, 0.05) is 0 Å². The van der Waals surface area contributed by atoms with E-state index in [1.807, 2.05) is 0 Å². The van der Waals surface area contributed by atoms with Crippen molar-refractivity contribution in [3.05, 3.63) is 22.1 Å². The summed E-state index contributed by atoms with van der Waals surface area (Å²) < 4.78 is 7.79. The van der Waals surface area contributed by atoms with E-state index in [0.29, 0.717) is 23.3 Å². The normalized spacial score (nSPS) is 27.5. The van der Waals surface area contributed by atoms with Crippen molar-refractivity contribution >= 4 is 33.9 Å². The van der Waals surface area contributed by atoms with Crippen molar-refractivity contribution < 1.29 is 14.9 Å². The molecule has 0 saturated carbocycles. The van der Waals surface area contributed by atoms with Crippen LogP contribution in [0.3, 0.4) is 0 Å². The van der Waals surface area contributed by atoms with Crippen molar-refractivity contribution in [2.45, 2.75) is 37.5 Å². The van der Waals surface area contributed by atoms with E-state index in [9.17, 15) is 15.0 Å². The Balaban J connectivity index is 2.24. The maximum atomic E-state index is 11.9. The molecule has 0 bridgehead atoms. The molecule has 0 spiro atoms. The van der Waals surface area contributed by atoms with Crippen LogP contribution in [0.25, 0.3) is 0 Å². The zero-order valence-corrected chi connectivity index (χ0v) is 16.8. The Morgan fingerprint density at radius 2 is 2.12 bits per heavy atom. The van der Waals surface area contributed by atoms with Crippen LogP contribution in [-0.2, 0) is 11.3 Å². The van der Waals surface area contributed by atoms with Crippen LogP contribution in [0.15, 0.2) is 11.0 Å². The fraction of sp³-hybridized carbons (Fsp3) is 0.667. The van der Waals surface area contributed by atoms with E-state index >= 15 is 0 Å². The Morgan fingerprint density at radius 3 is 2.71 bits per heavy atom. The van der Waals surface area contributed by atoms with Crippen molar-refractivity contribution in [1.29, 1.82) is 0 Å². The van der Waals surface area contributed by atoms with Crippen LogP contribution >= 0.6 is 6.89 Å². The molecule has 7 nitrogen and oxygen atoms in total. The maximum absolute atomic E-state index is 11.9. The Hall–Kier alpha value is -0.461. The Bertz CT molecular complexity index is 690. The van der Waals surface area contributed by atoms with Gasteiger partial charge in [-0.05, 0) is 0 Å². The van der Waals surface area contributed by atoms with Gasteiger partial charge < -0.3 is 0 Å². The Morgan fingerprint density at radius 1 is 1.46 bits per heavy atom. The molecule has 3 N–H and O–H groups in total. The number of nitrogens with one attached hydrogen (secondary N) is 1. The summed E-state index contributed by atoms with van der Waals surface area (Å²) in [6.45, 7) is 3.37. The molecule has 0 aliphatic carbocycles. The third-order valence-electron chi connectivity index (χ3n) is 3.99. The van der Waals surface area contributed by atoms with Gasteiger partial charge in [0.05, 0.1) is 0 Å². The summed E-state index contributed by atoms with van der Waals surface area (Å²) in [5, 5.41) is 23.6. The van der Waals surface area contributed by atoms with Crippen LogP contribution in [0, 0.1) is 0 Å². The minimum absolute atomic E-state index is 0.321. The number of aromatic nitrogens is 2. The van der Waals surface area contributed by atoms with Gasteiger partial charge in [-0.25, -0.2) is 0 Å². The molecule has 135 valence electrons. The summed E-state index contributed by atoms with van der Waals surface area (Å²) in [6.07, 6.45) is 3.97. The number of aliphatic hydroxyl groups is 2. The molecule has 24 heavy (non-hydrogen) atoms. The SMILES string of the molecule is C=P(C)(C)CCC1OC(n2cc(CNC)c(=O)nc2[Se])[C@H](O)[C@@H]1O. The van der Waals surface area contributed by atoms with Gasteiger partial charge in [0.25, 0.3) is 0 Å². The van der Waals surface area contributed by atoms with Crippen molar-refractivity contribution in [1.82, 2.24) is 14.9 Å². The topological polar surface area (TPSA) is 96.6 Å². The zero-order chi connectivity index (χ0) is 18.1. The van der Waals surface area contributed by atoms with Crippen molar-refractivity contribution in [2.75, 3.05) is 26.5 Å². The second-order valence-electron chi connectivity index (χ2n) is 6.79. The molecular weight excluding hydrogens is 396 g/mol. The molecule has 1 saturated heterocycles. The summed E-state index contributed by atoms with van der Waals surface area (Å²) in [5.74, 6) is 0. The van der Waals surface area contributed by atoms with Crippen LogP contribution < -0.4 is 15.6 Å². The number of aliphatic hydroxyl groups excluding tert-OH is 2. The molecule has 1 aromatic heterocycles. The summed E-state index contributed by atoms with van der Waals surface area (Å²) in [6, 6.07) is 0. The summed E-state index contributed by atoms with van der Waals surface area (Å²) >= 11 is 2.72. The van der Waals surface area contributed by atoms with Gasteiger partial charge in [-0.2, -0.15) is 0 Å². The van der Waals surface area contributed by atoms with E-state index in [-0.39, 0.29) is 5.56 Å². The third-order valence-corrected chi connectivity index (χ3v) is 6.09. The molecule has 2 unspecified atom stereocenters. The molecule has 1 fully saturated rings. The van der Waals surface area contributed by atoms with E-state index in [4.69, 9.17) is 4.74 Å². The van der Waals surface area contributed by atoms with Crippen LogP contribution in [0.4, 0.5) is 0 Å². The summed E-state index contributed by atoms with van der Waals surface area (Å²) in [7, 11) is 1.74. The van der Waals surface area contributed by atoms with E-state index in [1.165, 1.54) is 0 Å². The fourth-order valence-corrected chi connectivity index (χ4v) is 4.12. The minimum atomic E-state index is -1.24. The van der Waals surface area contributed by atoms with Gasteiger partial charge in [-0.1, -0.05) is 0 Å². The Kier molecular flexibility index (Phi) is 6.48. The quantitative estimate of drug-likeness (QED) is 0.381. The number of nitrogens with zero attached hydrogens (tertiary/aromatic N) is 2. The van der Waals surface area contributed by atoms with Crippen molar-refractivity contribution in [2.24, 2.45) is 0 Å². The molecule has 4 atom stereocenters. The summed E-state index contributed by atoms with van der Waals surface area (Å²) in [4.78, 5) is 15.8. The van der Waals surface area contributed by atoms with Gasteiger partial charge >= 0.3 is 150 Å². The van der Waals surface area contributed by atoms with Gasteiger partial charge in [-0.15, -0.1) is 0 Å². The van der Waals surface area contributed by atoms with Crippen molar-refractivity contribution in [3.8, 4) is 0 Å². The third kappa shape index (κ3) is 4.58. The first-order valence-electron chi connectivity index (χ1n) is 7.76. The molecule has 2 heterocycles. The molecule has 0 amide bonds. The molecule has 1 aromatic rings. The van der Waals surface area contributed by atoms with Gasteiger partial charge in [-0.3, -0.25) is 0 Å². The molecule has 0 aromatic carbocycles. The first-order chi connectivity index (χ1) is 11.1. The predicted molar refractivity (Wildman–Crippen MR) is 97.9 cm³/mol. The second-order valence-corrected chi connectivity index (χ2v) is 11.9. The van der Waals surface area contributed by atoms with Crippen LogP contribution in [0.2, 0.25) is 0 Å². The van der Waals surface area contributed by atoms with Gasteiger partial charge in [0.15, 0.2) is 0 Å². The standard InChI is InChI=1S/C15H25N3O4PSe/c1-16-7-9-8-18(15(24)17-13(9)21)14-12(20)11(19)10(22-14)5-6-23(2,3)4/h8,10-12,14,16,19-20H,2,5-7H2,1,3-4H3/t10?,11-,12-,14?/m1/s1. The zero-order valence-electron chi connectivity index (χ0n) is 14.2. The summed E-state index contributed by atoms with van der Waals surface area (Å²) in [5.41, 5.74) is 0.137. The van der Waals surface area contributed by atoms with Gasteiger partial charge in [0.2, 0.25) is 0 Å². The molecule has 1 aliphatic heterocycles. The van der Waals surface area contributed by atoms with E-state index in [1.54, 1.807) is 17.8 Å². The van der Waals surface area contributed by atoms with E-state index < -0.39 is 31.4 Å². The average Bonchev–Trinajstić information content (AvgIpc) is 2.75. The predicted octanol–water partition coefficient (Wildman–Crippen LogP) is -1.52. The molecular formula is C15H25N3O4PSe. The number of rotatable bonds is 6.